The summed E-state index contributed by atoms with van der Waals surface area (Å²) in [6.45, 7) is 3.98. The highest BCUT2D eigenvalue weighted by Gasteiger charge is 2.12. The van der Waals surface area contributed by atoms with Gasteiger partial charge in [0.15, 0.2) is 0 Å². The molecule has 0 spiro atoms. The van der Waals surface area contributed by atoms with Crippen molar-refractivity contribution in [2.75, 3.05) is 0 Å². The molecule has 4 heteroatoms. The van der Waals surface area contributed by atoms with E-state index in [-0.39, 0.29) is 12.1 Å². The standard InChI is InChI=1S/C10H14O2S2/c1-3-4-7(2)12-10(11)9-5-8(13)6-14-9/h5-7,13H,3-4H2,1-2H3. The van der Waals surface area contributed by atoms with Gasteiger partial charge in [0.25, 0.3) is 0 Å². The molecule has 0 amide bonds. The SMILES string of the molecule is CCCC(C)OC(=O)c1cc(S)cs1. The Morgan fingerprint density at radius 3 is 2.93 bits per heavy atom. The predicted octanol–water partition coefficient (Wildman–Crippen LogP) is 3.38. The van der Waals surface area contributed by atoms with Crippen LogP contribution >= 0.6 is 24.0 Å². The van der Waals surface area contributed by atoms with Gasteiger partial charge in [-0.15, -0.1) is 24.0 Å². The fraction of sp³-hybridized carbons (Fsp3) is 0.500. The van der Waals surface area contributed by atoms with Crippen LogP contribution in [0.5, 0.6) is 0 Å². The minimum Gasteiger partial charge on any atom is -0.458 e. The molecule has 1 aromatic heterocycles. The van der Waals surface area contributed by atoms with E-state index in [4.69, 9.17) is 4.74 Å². The van der Waals surface area contributed by atoms with E-state index < -0.39 is 0 Å². The Balaban J connectivity index is 2.50. The molecular formula is C10H14O2S2. The number of thiophene rings is 1. The highest BCUT2D eigenvalue weighted by atomic mass is 32.1. The first-order valence-corrected chi connectivity index (χ1v) is 5.94. The fourth-order valence-electron chi connectivity index (χ4n) is 1.14. The Morgan fingerprint density at radius 1 is 1.71 bits per heavy atom. The Morgan fingerprint density at radius 2 is 2.43 bits per heavy atom. The van der Waals surface area contributed by atoms with Crippen LogP contribution in [-0.4, -0.2) is 12.1 Å². The maximum Gasteiger partial charge on any atom is 0.348 e. The van der Waals surface area contributed by atoms with Gasteiger partial charge in [-0.25, -0.2) is 4.79 Å². The monoisotopic (exact) mass is 230 g/mol. The summed E-state index contributed by atoms with van der Waals surface area (Å²) in [5.74, 6) is -0.240. The number of hydrogen-bond acceptors (Lipinski definition) is 4. The van der Waals surface area contributed by atoms with E-state index in [0.717, 1.165) is 17.7 Å². The van der Waals surface area contributed by atoms with Crippen molar-refractivity contribution in [3.8, 4) is 0 Å². The second-order valence-electron chi connectivity index (χ2n) is 3.17. The summed E-state index contributed by atoms with van der Waals surface area (Å²) in [6, 6.07) is 1.73. The van der Waals surface area contributed by atoms with Crippen LogP contribution < -0.4 is 0 Å². The van der Waals surface area contributed by atoms with Crippen molar-refractivity contribution in [3.63, 3.8) is 0 Å². The number of rotatable bonds is 4. The van der Waals surface area contributed by atoms with Gasteiger partial charge in [-0.1, -0.05) is 13.3 Å². The van der Waals surface area contributed by atoms with Crippen molar-refractivity contribution in [1.29, 1.82) is 0 Å². The Hall–Kier alpha value is -0.480. The maximum atomic E-state index is 11.5. The summed E-state index contributed by atoms with van der Waals surface area (Å²) in [5, 5.41) is 1.82. The number of ether oxygens (including phenoxy) is 1. The van der Waals surface area contributed by atoms with Gasteiger partial charge >= 0.3 is 5.97 Å². The molecule has 0 aromatic carbocycles. The van der Waals surface area contributed by atoms with Gasteiger partial charge in [0.1, 0.15) is 4.88 Å². The van der Waals surface area contributed by atoms with Crippen molar-refractivity contribution in [2.45, 2.75) is 37.7 Å². The first-order chi connectivity index (χ1) is 6.63. The highest BCUT2D eigenvalue weighted by molar-refractivity contribution is 7.80. The molecule has 1 unspecified atom stereocenters. The van der Waals surface area contributed by atoms with Gasteiger partial charge in [0.2, 0.25) is 0 Å². The van der Waals surface area contributed by atoms with E-state index in [1.54, 1.807) is 6.07 Å². The van der Waals surface area contributed by atoms with Gasteiger partial charge in [-0.3, -0.25) is 0 Å². The van der Waals surface area contributed by atoms with Crippen molar-refractivity contribution in [1.82, 2.24) is 0 Å². The molecule has 0 aliphatic heterocycles. The smallest absolute Gasteiger partial charge is 0.348 e. The summed E-state index contributed by atoms with van der Waals surface area (Å²) >= 11 is 5.50. The van der Waals surface area contributed by atoms with Crippen LogP contribution in [0.25, 0.3) is 0 Å². The lowest BCUT2D eigenvalue weighted by molar-refractivity contribution is 0.0329. The van der Waals surface area contributed by atoms with Gasteiger partial charge in [0, 0.05) is 10.3 Å². The summed E-state index contributed by atoms with van der Waals surface area (Å²) in [7, 11) is 0. The zero-order valence-corrected chi connectivity index (χ0v) is 10.0. The molecule has 0 saturated carbocycles. The lowest BCUT2D eigenvalue weighted by Gasteiger charge is -2.10. The summed E-state index contributed by atoms with van der Waals surface area (Å²) in [5.41, 5.74) is 0. The molecule has 14 heavy (non-hydrogen) atoms. The van der Waals surface area contributed by atoms with E-state index in [1.165, 1.54) is 11.3 Å². The lowest BCUT2D eigenvalue weighted by atomic mass is 10.2. The van der Waals surface area contributed by atoms with Crippen molar-refractivity contribution in [3.05, 3.63) is 16.3 Å². The minimum absolute atomic E-state index is 0.00188. The lowest BCUT2D eigenvalue weighted by Crippen LogP contribution is -2.13. The first kappa shape index (κ1) is 11.6. The molecule has 0 saturated heterocycles. The minimum atomic E-state index is -0.240. The predicted molar refractivity (Wildman–Crippen MR) is 61.4 cm³/mol. The zero-order valence-electron chi connectivity index (χ0n) is 8.32. The van der Waals surface area contributed by atoms with Crippen molar-refractivity contribution >= 4 is 29.9 Å². The summed E-state index contributed by atoms with van der Waals surface area (Å²) in [4.78, 5) is 12.9. The topological polar surface area (TPSA) is 26.3 Å². The van der Waals surface area contributed by atoms with Gasteiger partial charge < -0.3 is 4.74 Å². The number of thiol groups is 1. The summed E-state index contributed by atoms with van der Waals surface area (Å²) < 4.78 is 5.23. The van der Waals surface area contributed by atoms with Gasteiger partial charge in [-0.05, 0) is 19.4 Å². The molecule has 0 radical (unpaired) electrons. The Bertz CT molecular complexity index is 307. The van der Waals surface area contributed by atoms with Crippen LogP contribution in [0.3, 0.4) is 0 Å². The molecule has 78 valence electrons. The second kappa shape index (κ2) is 5.41. The van der Waals surface area contributed by atoms with Crippen LogP contribution in [0.4, 0.5) is 0 Å². The molecule has 0 N–H and O–H groups in total. The van der Waals surface area contributed by atoms with E-state index in [0.29, 0.717) is 4.88 Å². The van der Waals surface area contributed by atoms with Gasteiger partial charge in [-0.2, -0.15) is 0 Å². The third-order valence-electron chi connectivity index (χ3n) is 1.79. The molecule has 0 aliphatic carbocycles. The molecule has 2 nitrogen and oxygen atoms in total. The van der Waals surface area contributed by atoms with Crippen LogP contribution in [0.1, 0.15) is 36.4 Å². The average molecular weight is 230 g/mol. The van der Waals surface area contributed by atoms with Crippen molar-refractivity contribution < 1.29 is 9.53 Å². The van der Waals surface area contributed by atoms with Crippen molar-refractivity contribution in [2.24, 2.45) is 0 Å². The molecule has 0 aliphatic rings. The highest BCUT2D eigenvalue weighted by Crippen LogP contribution is 2.19. The van der Waals surface area contributed by atoms with Crippen LogP contribution in [0, 0.1) is 0 Å². The second-order valence-corrected chi connectivity index (χ2v) is 4.60. The fourth-order valence-corrected chi connectivity index (χ4v) is 2.17. The first-order valence-electron chi connectivity index (χ1n) is 4.62. The zero-order chi connectivity index (χ0) is 10.6. The summed E-state index contributed by atoms with van der Waals surface area (Å²) in [6.07, 6.45) is 1.93. The third-order valence-corrected chi connectivity index (χ3v) is 3.13. The Kier molecular flexibility index (Phi) is 4.48. The van der Waals surface area contributed by atoms with E-state index in [1.807, 2.05) is 12.3 Å². The molecule has 1 atom stereocenters. The largest absolute Gasteiger partial charge is 0.458 e. The quantitative estimate of drug-likeness (QED) is 0.634. The molecule has 0 fully saturated rings. The van der Waals surface area contributed by atoms with Crippen LogP contribution in [-0.2, 0) is 4.74 Å². The Labute approximate surface area is 93.7 Å². The maximum absolute atomic E-state index is 11.5. The normalized spacial score (nSPS) is 12.5. The van der Waals surface area contributed by atoms with E-state index in [2.05, 4.69) is 19.6 Å². The molecule has 1 aromatic rings. The number of carbonyl (C=O) groups is 1. The molecule has 1 rings (SSSR count). The molecule has 1 heterocycles. The molecular weight excluding hydrogens is 216 g/mol. The number of esters is 1. The number of hydrogen-bond donors (Lipinski definition) is 1. The van der Waals surface area contributed by atoms with E-state index in [9.17, 15) is 4.79 Å². The van der Waals surface area contributed by atoms with E-state index >= 15 is 0 Å². The molecule has 0 bridgehead atoms. The number of carbonyl (C=O) groups excluding carboxylic acids is 1. The van der Waals surface area contributed by atoms with Crippen LogP contribution in [0.2, 0.25) is 0 Å². The third kappa shape index (κ3) is 3.35. The van der Waals surface area contributed by atoms with Gasteiger partial charge in [0.05, 0.1) is 6.10 Å². The van der Waals surface area contributed by atoms with Crippen LogP contribution in [0.15, 0.2) is 16.3 Å². The average Bonchev–Trinajstić information content (AvgIpc) is 2.52.